The summed E-state index contributed by atoms with van der Waals surface area (Å²) in [5.41, 5.74) is 1.25. The highest BCUT2D eigenvalue weighted by Crippen LogP contribution is 2.22. The van der Waals surface area contributed by atoms with E-state index in [0.29, 0.717) is 17.9 Å². The van der Waals surface area contributed by atoms with Crippen LogP contribution in [0, 0.1) is 3.77 Å². The highest BCUT2D eigenvalue weighted by Gasteiger charge is 2.06. The fourth-order valence-electron chi connectivity index (χ4n) is 1.46. The van der Waals surface area contributed by atoms with E-state index < -0.39 is 0 Å². The van der Waals surface area contributed by atoms with Gasteiger partial charge in [-0.1, -0.05) is 0 Å². The molecule has 1 heterocycles. The maximum atomic E-state index is 11.5. The number of furan rings is 1. The van der Waals surface area contributed by atoms with E-state index in [1.165, 1.54) is 0 Å². The van der Waals surface area contributed by atoms with Gasteiger partial charge < -0.3 is 9.15 Å². The predicted molar refractivity (Wildman–Crippen MR) is 88.8 cm³/mol. The molecule has 0 unspecified atom stereocenters. The summed E-state index contributed by atoms with van der Waals surface area (Å²) in [6.07, 6.45) is 1.63. The first kappa shape index (κ1) is 15.2. The molecule has 0 saturated heterocycles. The number of ether oxygens (including phenoxy) is 1. The van der Waals surface area contributed by atoms with Gasteiger partial charge >= 0.3 is 5.97 Å². The molecular formula is C14H11BrINO3. The molecule has 4 nitrogen and oxygen atoms in total. The summed E-state index contributed by atoms with van der Waals surface area (Å²) in [4.78, 5) is 15.8. The molecule has 0 spiro atoms. The van der Waals surface area contributed by atoms with Crippen molar-refractivity contribution in [3.05, 3.63) is 49.9 Å². The van der Waals surface area contributed by atoms with E-state index in [1.807, 2.05) is 6.07 Å². The summed E-state index contributed by atoms with van der Waals surface area (Å²) in [6.45, 7) is 2.14. The van der Waals surface area contributed by atoms with E-state index in [0.717, 1.165) is 13.9 Å². The summed E-state index contributed by atoms with van der Waals surface area (Å²) in [7, 11) is 0. The molecule has 6 heteroatoms. The first-order valence-electron chi connectivity index (χ1n) is 5.86. The minimum absolute atomic E-state index is 0.326. The molecule has 20 heavy (non-hydrogen) atoms. The molecular weight excluding hydrogens is 437 g/mol. The van der Waals surface area contributed by atoms with Crippen molar-refractivity contribution in [1.29, 1.82) is 0 Å². The number of nitrogens with zero attached hydrogens (tertiary/aromatic N) is 1. The monoisotopic (exact) mass is 447 g/mol. The number of hydrogen-bond acceptors (Lipinski definition) is 4. The van der Waals surface area contributed by atoms with E-state index in [1.54, 1.807) is 37.4 Å². The number of hydrogen-bond donors (Lipinski definition) is 0. The van der Waals surface area contributed by atoms with E-state index in [2.05, 4.69) is 43.5 Å². The number of esters is 1. The van der Waals surface area contributed by atoms with Crippen molar-refractivity contribution in [1.82, 2.24) is 0 Å². The third kappa shape index (κ3) is 3.92. The van der Waals surface area contributed by atoms with Gasteiger partial charge in [0, 0.05) is 28.7 Å². The van der Waals surface area contributed by atoms with Crippen molar-refractivity contribution in [2.24, 2.45) is 4.99 Å². The number of rotatable bonds is 4. The second-order valence-corrected chi connectivity index (χ2v) is 5.63. The Balaban J connectivity index is 2.08. The molecule has 0 aliphatic rings. The van der Waals surface area contributed by atoms with Crippen LogP contribution >= 0.6 is 38.5 Å². The molecule has 104 valence electrons. The highest BCUT2D eigenvalue weighted by atomic mass is 127. The van der Waals surface area contributed by atoms with E-state index in [9.17, 15) is 4.79 Å². The van der Waals surface area contributed by atoms with Crippen molar-refractivity contribution >= 4 is 56.4 Å². The molecule has 0 fully saturated rings. The molecule has 0 radical (unpaired) electrons. The Hall–Kier alpha value is -1.15. The van der Waals surface area contributed by atoms with Crippen LogP contribution in [0.3, 0.4) is 0 Å². The first-order valence-corrected chi connectivity index (χ1v) is 7.73. The zero-order valence-electron chi connectivity index (χ0n) is 10.6. The van der Waals surface area contributed by atoms with Crippen LogP contribution in [0.2, 0.25) is 0 Å². The fourth-order valence-corrected chi connectivity index (χ4v) is 2.18. The van der Waals surface area contributed by atoms with Crippen LogP contribution in [-0.2, 0) is 4.74 Å². The van der Waals surface area contributed by atoms with Gasteiger partial charge in [-0.2, -0.15) is 0 Å². The predicted octanol–water partition coefficient (Wildman–Crippen LogP) is 4.57. The second-order valence-electron chi connectivity index (χ2n) is 3.80. The minimum atomic E-state index is -0.326. The lowest BCUT2D eigenvalue weighted by molar-refractivity contribution is 0.0526. The molecule has 0 N–H and O–H groups in total. The minimum Gasteiger partial charge on any atom is -0.462 e. The molecule has 0 atom stereocenters. The van der Waals surface area contributed by atoms with Crippen molar-refractivity contribution in [3.63, 3.8) is 0 Å². The van der Waals surface area contributed by atoms with Gasteiger partial charge in [-0.25, -0.2) is 4.79 Å². The quantitative estimate of drug-likeness (QED) is 0.391. The van der Waals surface area contributed by atoms with Crippen LogP contribution in [-0.4, -0.2) is 18.8 Å². The number of aliphatic imine (C=N–C) groups is 1. The Morgan fingerprint density at radius 1 is 1.45 bits per heavy atom. The molecule has 0 aliphatic heterocycles. The summed E-state index contributed by atoms with van der Waals surface area (Å²) < 4.78 is 12.0. The van der Waals surface area contributed by atoms with E-state index in [4.69, 9.17) is 9.15 Å². The van der Waals surface area contributed by atoms with E-state index >= 15 is 0 Å². The van der Waals surface area contributed by atoms with Gasteiger partial charge in [0.05, 0.1) is 28.5 Å². The van der Waals surface area contributed by atoms with E-state index in [-0.39, 0.29) is 5.97 Å². The molecule has 0 aliphatic carbocycles. The van der Waals surface area contributed by atoms with Gasteiger partial charge in [-0.3, -0.25) is 4.99 Å². The van der Waals surface area contributed by atoms with Crippen molar-refractivity contribution in [2.45, 2.75) is 6.92 Å². The first-order chi connectivity index (χ1) is 9.60. The van der Waals surface area contributed by atoms with Crippen molar-refractivity contribution < 1.29 is 13.9 Å². The summed E-state index contributed by atoms with van der Waals surface area (Å²) in [5, 5.41) is 0. The van der Waals surface area contributed by atoms with Crippen molar-refractivity contribution in [3.8, 4) is 0 Å². The lowest BCUT2D eigenvalue weighted by Gasteiger charge is -2.01. The van der Waals surface area contributed by atoms with Gasteiger partial charge in [0.2, 0.25) is 0 Å². The SMILES string of the molecule is CCOC(=O)c1ccc(N=Cc2cc(Br)c(I)o2)cc1. The zero-order valence-corrected chi connectivity index (χ0v) is 14.3. The summed E-state index contributed by atoms with van der Waals surface area (Å²) in [6, 6.07) is 8.73. The van der Waals surface area contributed by atoms with Crippen molar-refractivity contribution in [2.75, 3.05) is 6.61 Å². The van der Waals surface area contributed by atoms with Gasteiger partial charge in [0.1, 0.15) is 5.76 Å². The maximum Gasteiger partial charge on any atom is 0.338 e. The number of carbonyl (C=O) groups excluding carboxylic acids is 1. The zero-order chi connectivity index (χ0) is 14.5. The van der Waals surface area contributed by atoms with Crippen LogP contribution in [0.15, 0.2) is 44.2 Å². The smallest absolute Gasteiger partial charge is 0.338 e. The van der Waals surface area contributed by atoms with Gasteiger partial charge in [-0.15, -0.1) is 0 Å². The van der Waals surface area contributed by atoms with Crippen LogP contribution < -0.4 is 0 Å². The average molecular weight is 448 g/mol. The third-order valence-corrected chi connectivity index (χ3v) is 4.52. The maximum absolute atomic E-state index is 11.5. The van der Waals surface area contributed by atoms with Crippen LogP contribution in [0.4, 0.5) is 5.69 Å². The van der Waals surface area contributed by atoms with Gasteiger partial charge in [0.25, 0.3) is 0 Å². The largest absolute Gasteiger partial charge is 0.462 e. The van der Waals surface area contributed by atoms with Gasteiger partial charge in [-0.05, 0) is 47.1 Å². The summed E-state index contributed by atoms with van der Waals surface area (Å²) in [5.74, 6) is 0.336. The standard InChI is InChI=1S/C14H11BrINO3/c1-2-19-14(18)9-3-5-10(6-4-9)17-8-11-7-12(15)13(16)20-11/h3-8H,2H2,1H3. The highest BCUT2D eigenvalue weighted by molar-refractivity contribution is 14.1. The number of benzene rings is 1. The Morgan fingerprint density at radius 2 is 2.15 bits per heavy atom. The lowest BCUT2D eigenvalue weighted by atomic mass is 10.2. The molecule has 0 saturated carbocycles. The average Bonchev–Trinajstić information content (AvgIpc) is 2.76. The lowest BCUT2D eigenvalue weighted by Crippen LogP contribution is -2.03. The number of halogens is 2. The van der Waals surface area contributed by atoms with Crippen LogP contribution in [0.25, 0.3) is 0 Å². The molecule has 1 aromatic heterocycles. The fraction of sp³-hybridized carbons (Fsp3) is 0.143. The van der Waals surface area contributed by atoms with Gasteiger partial charge in [0.15, 0.2) is 3.77 Å². The second kappa shape index (κ2) is 7.03. The molecule has 2 aromatic rings. The number of carbonyl (C=O) groups is 1. The molecule has 2 rings (SSSR count). The van der Waals surface area contributed by atoms with Crippen LogP contribution in [0.5, 0.6) is 0 Å². The Bertz CT molecular complexity index is 615. The molecule has 0 bridgehead atoms. The third-order valence-electron chi connectivity index (χ3n) is 2.38. The van der Waals surface area contributed by atoms with Crippen LogP contribution in [0.1, 0.15) is 23.0 Å². The Morgan fingerprint density at radius 3 is 2.70 bits per heavy atom. The Kier molecular flexibility index (Phi) is 5.36. The summed E-state index contributed by atoms with van der Waals surface area (Å²) >= 11 is 5.46. The molecule has 0 amide bonds. The normalized spacial score (nSPS) is 10.9. The molecule has 1 aromatic carbocycles. The Labute approximate surface area is 138 Å². The topological polar surface area (TPSA) is 51.8 Å².